The molecule has 0 saturated carbocycles. The van der Waals surface area contributed by atoms with Gasteiger partial charge in [0.15, 0.2) is 0 Å². The SMILES string of the molecule is CC[C@@H](NC(=O)CN(c1cccc(C)c1C)S(=O)(=O)c1ccccc1)c1ccc2c(c1)CCCC2. The smallest absolute Gasteiger partial charge is 0.264 e. The Hall–Kier alpha value is -3.12. The fourth-order valence-corrected chi connectivity index (χ4v) is 6.29. The highest BCUT2D eigenvalue weighted by atomic mass is 32.2. The molecule has 0 spiro atoms. The second kappa shape index (κ2) is 10.6. The van der Waals surface area contributed by atoms with Gasteiger partial charge in [0.2, 0.25) is 5.91 Å². The van der Waals surface area contributed by atoms with E-state index >= 15 is 0 Å². The van der Waals surface area contributed by atoms with Gasteiger partial charge in [0.05, 0.1) is 16.6 Å². The fourth-order valence-electron chi connectivity index (χ4n) is 4.79. The number of amides is 1. The minimum absolute atomic E-state index is 0.162. The molecule has 0 unspecified atom stereocenters. The van der Waals surface area contributed by atoms with Crippen LogP contribution in [0, 0.1) is 13.8 Å². The lowest BCUT2D eigenvalue weighted by molar-refractivity contribution is -0.120. The number of hydrogen-bond donors (Lipinski definition) is 1. The van der Waals surface area contributed by atoms with Crippen LogP contribution in [0.3, 0.4) is 0 Å². The fraction of sp³-hybridized carbons (Fsp3) is 0.345. The van der Waals surface area contributed by atoms with Crippen LogP contribution >= 0.6 is 0 Å². The number of fused-ring (bicyclic) bond motifs is 1. The first-order valence-electron chi connectivity index (χ1n) is 12.4. The Morgan fingerprint density at radius 3 is 2.37 bits per heavy atom. The van der Waals surface area contributed by atoms with Gasteiger partial charge in [-0.2, -0.15) is 0 Å². The molecule has 0 aromatic heterocycles. The summed E-state index contributed by atoms with van der Waals surface area (Å²) in [6.07, 6.45) is 5.33. The van der Waals surface area contributed by atoms with Crippen molar-refractivity contribution in [3.05, 3.63) is 94.5 Å². The molecule has 0 saturated heterocycles. The van der Waals surface area contributed by atoms with Crippen LogP contribution in [0.5, 0.6) is 0 Å². The van der Waals surface area contributed by atoms with Crippen molar-refractivity contribution in [2.45, 2.75) is 63.8 Å². The van der Waals surface area contributed by atoms with Crippen molar-refractivity contribution >= 4 is 21.6 Å². The largest absolute Gasteiger partial charge is 0.348 e. The minimum Gasteiger partial charge on any atom is -0.348 e. The molecule has 1 atom stereocenters. The van der Waals surface area contributed by atoms with E-state index in [4.69, 9.17) is 0 Å². The molecule has 1 aliphatic carbocycles. The second-order valence-corrected chi connectivity index (χ2v) is 11.2. The zero-order valence-corrected chi connectivity index (χ0v) is 21.6. The van der Waals surface area contributed by atoms with Crippen molar-refractivity contribution in [2.75, 3.05) is 10.8 Å². The van der Waals surface area contributed by atoms with Crippen molar-refractivity contribution in [3.63, 3.8) is 0 Å². The van der Waals surface area contributed by atoms with Crippen molar-refractivity contribution in [1.29, 1.82) is 0 Å². The van der Waals surface area contributed by atoms with Gasteiger partial charge >= 0.3 is 0 Å². The maximum atomic E-state index is 13.7. The summed E-state index contributed by atoms with van der Waals surface area (Å²) in [6.45, 7) is 5.57. The second-order valence-electron chi connectivity index (χ2n) is 9.31. The highest BCUT2D eigenvalue weighted by Crippen LogP contribution is 2.29. The molecule has 0 aliphatic heterocycles. The zero-order valence-electron chi connectivity index (χ0n) is 20.8. The van der Waals surface area contributed by atoms with Crippen LogP contribution in [0.25, 0.3) is 0 Å². The third-order valence-electron chi connectivity index (χ3n) is 6.98. The van der Waals surface area contributed by atoms with Gasteiger partial charge < -0.3 is 5.32 Å². The number of aryl methyl sites for hydroxylation is 3. The number of rotatable bonds is 8. The molecular weight excluding hydrogens is 456 g/mol. The third-order valence-corrected chi connectivity index (χ3v) is 8.76. The quantitative estimate of drug-likeness (QED) is 0.444. The lowest BCUT2D eigenvalue weighted by atomic mass is 9.89. The molecule has 35 heavy (non-hydrogen) atoms. The van der Waals surface area contributed by atoms with Gasteiger partial charge in [-0.1, -0.05) is 55.5 Å². The molecule has 1 aliphatic rings. The molecule has 1 amide bonds. The van der Waals surface area contributed by atoms with Gasteiger partial charge in [0.25, 0.3) is 10.0 Å². The van der Waals surface area contributed by atoms with Crippen LogP contribution in [-0.4, -0.2) is 20.9 Å². The summed E-state index contributed by atoms with van der Waals surface area (Å²) < 4.78 is 28.6. The van der Waals surface area contributed by atoms with E-state index in [-0.39, 0.29) is 23.4 Å². The number of benzene rings is 3. The molecule has 0 heterocycles. The highest BCUT2D eigenvalue weighted by Gasteiger charge is 2.29. The summed E-state index contributed by atoms with van der Waals surface area (Å²) in [5.74, 6) is -0.324. The Kier molecular flexibility index (Phi) is 7.60. The maximum Gasteiger partial charge on any atom is 0.264 e. The number of sulfonamides is 1. The third kappa shape index (κ3) is 5.43. The minimum atomic E-state index is -3.94. The number of hydrogen-bond acceptors (Lipinski definition) is 3. The number of nitrogens with one attached hydrogen (secondary N) is 1. The topological polar surface area (TPSA) is 66.5 Å². The number of carbonyl (C=O) groups excluding carboxylic acids is 1. The Bertz CT molecular complexity index is 1300. The summed E-state index contributed by atoms with van der Waals surface area (Å²) in [6, 6.07) is 20.1. The first-order chi connectivity index (χ1) is 16.8. The Labute approximate surface area is 209 Å². The molecule has 3 aromatic carbocycles. The summed E-state index contributed by atoms with van der Waals surface area (Å²) in [4.78, 5) is 13.5. The monoisotopic (exact) mass is 490 g/mol. The number of anilines is 1. The van der Waals surface area contributed by atoms with Gasteiger partial charge in [-0.15, -0.1) is 0 Å². The first-order valence-corrected chi connectivity index (χ1v) is 13.8. The van der Waals surface area contributed by atoms with Crippen molar-refractivity contribution < 1.29 is 13.2 Å². The van der Waals surface area contributed by atoms with Gasteiger partial charge in [-0.3, -0.25) is 9.10 Å². The highest BCUT2D eigenvalue weighted by molar-refractivity contribution is 7.92. The molecule has 6 heteroatoms. The van der Waals surface area contributed by atoms with Crippen LogP contribution in [0.15, 0.2) is 71.6 Å². The van der Waals surface area contributed by atoms with E-state index in [0.717, 1.165) is 36.0 Å². The lowest BCUT2D eigenvalue weighted by Gasteiger charge is -2.27. The van der Waals surface area contributed by atoms with Crippen LogP contribution in [0.1, 0.15) is 60.0 Å². The van der Waals surface area contributed by atoms with Crippen molar-refractivity contribution in [1.82, 2.24) is 5.32 Å². The molecule has 1 N–H and O–H groups in total. The Morgan fingerprint density at radius 1 is 0.943 bits per heavy atom. The zero-order chi connectivity index (χ0) is 25.0. The van der Waals surface area contributed by atoms with Crippen LogP contribution < -0.4 is 9.62 Å². The standard InChI is InChI=1S/C29H34N2O3S/c1-4-27(25-18-17-23-12-8-9-13-24(23)19-25)30-29(32)20-31(28-16-10-11-21(2)22(28)3)35(33,34)26-14-6-5-7-15-26/h5-7,10-11,14-19,27H,4,8-9,12-13,20H2,1-3H3,(H,30,32)/t27-/m1/s1. The van der Waals surface area contributed by atoms with Gasteiger partial charge in [-0.25, -0.2) is 8.42 Å². The molecule has 0 fully saturated rings. The molecule has 0 radical (unpaired) electrons. The van der Waals surface area contributed by atoms with Gasteiger partial charge in [-0.05, 0) is 92.0 Å². The van der Waals surface area contributed by atoms with Gasteiger partial charge in [0.1, 0.15) is 6.54 Å². The molecule has 0 bridgehead atoms. The van der Waals surface area contributed by atoms with Crippen LogP contribution in [0.4, 0.5) is 5.69 Å². The average Bonchev–Trinajstić information content (AvgIpc) is 2.88. The van der Waals surface area contributed by atoms with Gasteiger partial charge in [0, 0.05) is 0 Å². The molecular formula is C29H34N2O3S. The van der Waals surface area contributed by atoms with E-state index in [9.17, 15) is 13.2 Å². The first kappa shape index (κ1) is 25.0. The number of carbonyl (C=O) groups is 1. The Morgan fingerprint density at radius 2 is 1.66 bits per heavy atom. The van der Waals surface area contributed by atoms with Crippen molar-refractivity contribution in [3.8, 4) is 0 Å². The molecule has 3 aromatic rings. The Balaban J connectivity index is 1.62. The summed E-state index contributed by atoms with van der Waals surface area (Å²) >= 11 is 0. The van der Waals surface area contributed by atoms with Crippen LogP contribution in [-0.2, 0) is 27.7 Å². The summed E-state index contributed by atoms with van der Waals surface area (Å²) in [5.41, 5.74) is 6.16. The van der Waals surface area contributed by atoms with E-state index in [1.807, 2.05) is 32.9 Å². The van der Waals surface area contributed by atoms with Crippen molar-refractivity contribution in [2.24, 2.45) is 0 Å². The normalized spacial score (nSPS) is 14.1. The van der Waals surface area contributed by atoms with Crippen LogP contribution in [0.2, 0.25) is 0 Å². The lowest BCUT2D eigenvalue weighted by Crippen LogP contribution is -2.42. The predicted octanol–water partition coefficient (Wildman–Crippen LogP) is 5.65. The molecule has 4 rings (SSSR count). The van der Waals surface area contributed by atoms with E-state index in [2.05, 4.69) is 23.5 Å². The number of nitrogens with zero attached hydrogens (tertiary/aromatic N) is 1. The maximum absolute atomic E-state index is 13.7. The van der Waals surface area contributed by atoms with E-state index < -0.39 is 10.0 Å². The van der Waals surface area contributed by atoms with E-state index in [1.54, 1.807) is 36.4 Å². The average molecular weight is 491 g/mol. The van der Waals surface area contributed by atoms with E-state index in [0.29, 0.717) is 5.69 Å². The molecule has 5 nitrogen and oxygen atoms in total. The summed E-state index contributed by atoms with van der Waals surface area (Å²) in [7, 11) is -3.94. The van der Waals surface area contributed by atoms with E-state index in [1.165, 1.54) is 28.3 Å². The molecule has 184 valence electrons. The summed E-state index contributed by atoms with van der Waals surface area (Å²) in [5, 5.41) is 3.10. The predicted molar refractivity (Wildman–Crippen MR) is 141 cm³/mol.